The molecule has 21 heavy (non-hydrogen) atoms. The first-order chi connectivity index (χ1) is 9.98. The third kappa shape index (κ3) is 4.01. The number of rotatable bonds is 4. The number of hydrogen-bond acceptors (Lipinski definition) is 2. The monoisotopic (exact) mass is 294 g/mol. The van der Waals surface area contributed by atoms with Gasteiger partial charge in [0.2, 0.25) is 0 Å². The van der Waals surface area contributed by atoms with Crippen LogP contribution < -0.4 is 5.73 Å². The molecule has 2 N–H and O–H groups in total. The van der Waals surface area contributed by atoms with E-state index in [1.54, 1.807) is 0 Å². The summed E-state index contributed by atoms with van der Waals surface area (Å²) in [4.78, 5) is 2.72. The van der Waals surface area contributed by atoms with E-state index >= 15 is 0 Å². The summed E-state index contributed by atoms with van der Waals surface area (Å²) in [7, 11) is 2.38. The Morgan fingerprint density at radius 2 is 1.71 bits per heavy atom. The van der Waals surface area contributed by atoms with E-state index in [9.17, 15) is 0 Å². The van der Waals surface area contributed by atoms with Gasteiger partial charge in [-0.05, 0) is 69.7 Å². The van der Waals surface area contributed by atoms with E-state index in [0.717, 1.165) is 30.3 Å². The van der Waals surface area contributed by atoms with Gasteiger partial charge in [0.05, 0.1) is 0 Å². The summed E-state index contributed by atoms with van der Waals surface area (Å²) >= 11 is 0. The van der Waals surface area contributed by atoms with Gasteiger partial charge in [-0.15, -0.1) is 0 Å². The van der Waals surface area contributed by atoms with Crippen LogP contribution >= 0.6 is 0 Å². The Morgan fingerprint density at radius 3 is 2.29 bits per heavy atom. The summed E-state index contributed by atoms with van der Waals surface area (Å²) in [5.74, 6) is 2.68. The van der Waals surface area contributed by atoms with Crippen LogP contribution in [0, 0.1) is 17.8 Å². The summed E-state index contributed by atoms with van der Waals surface area (Å²) in [6.45, 7) is 8.05. The first-order valence-corrected chi connectivity index (χ1v) is 9.41. The number of nitrogens with two attached hydrogens (primary N) is 1. The van der Waals surface area contributed by atoms with Crippen molar-refractivity contribution in [3.05, 3.63) is 0 Å². The van der Waals surface area contributed by atoms with E-state index in [-0.39, 0.29) is 5.54 Å². The summed E-state index contributed by atoms with van der Waals surface area (Å²) in [5.41, 5.74) is 6.61. The topological polar surface area (TPSA) is 29.3 Å². The van der Waals surface area contributed by atoms with Gasteiger partial charge in [0.25, 0.3) is 0 Å². The van der Waals surface area contributed by atoms with Crippen molar-refractivity contribution >= 4 is 0 Å². The van der Waals surface area contributed by atoms with Gasteiger partial charge >= 0.3 is 0 Å². The second-order valence-corrected chi connectivity index (χ2v) is 8.39. The molecule has 0 bridgehead atoms. The standard InChI is InChI=1S/C19H38N2/c1-15(2)17-6-5-12-19(14-20,13-11-17)21(4)18-9-7-16(3)8-10-18/h15-18H,5-14,20H2,1-4H3. The Bertz CT molecular complexity index is 307. The summed E-state index contributed by atoms with van der Waals surface area (Å²) in [6, 6.07) is 0.778. The fourth-order valence-electron chi connectivity index (χ4n) is 4.80. The van der Waals surface area contributed by atoms with Crippen molar-refractivity contribution in [1.29, 1.82) is 0 Å². The molecular formula is C19H38N2. The van der Waals surface area contributed by atoms with Crippen LogP contribution in [0.3, 0.4) is 0 Å². The van der Waals surface area contributed by atoms with Gasteiger partial charge in [0.15, 0.2) is 0 Å². The predicted octanol–water partition coefficient (Wildman–Crippen LogP) is 4.43. The molecular weight excluding hydrogens is 256 g/mol. The third-order valence-electron chi connectivity index (χ3n) is 6.80. The van der Waals surface area contributed by atoms with Gasteiger partial charge in [0.1, 0.15) is 0 Å². The molecule has 2 unspecified atom stereocenters. The Morgan fingerprint density at radius 1 is 1.05 bits per heavy atom. The maximum Gasteiger partial charge on any atom is 0.0331 e. The molecule has 0 aromatic rings. The minimum atomic E-state index is 0.287. The van der Waals surface area contributed by atoms with Crippen LogP contribution in [0.25, 0.3) is 0 Å². The van der Waals surface area contributed by atoms with Crippen molar-refractivity contribution < 1.29 is 0 Å². The minimum Gasteiger partial charge on any atom is -0.329 e. The maximum absolute atomic E-state index is 6.32. The maximum atomic E-state index is 6.32. The third-order valence-corrected chi connectivity index (χ3v) is 6.80. The molecule has 2 rings (SSSR count). The van der Waals surface area contributed by atoms with Gasteiger partial charge < -0.3 is 5.73 Å². The molecule has 0 saturated heterocycles. The molecule has 2 saturated carbocycles. The average Bonchev–Trinajstić information content (AvgIpc) is 2.71. The highest BCUT2D eigenvalue weighted by atomic mass is 15.2. The number of hydrogen-bond donors (Lipinski definition) is 1. The largest absolute Gasteiger partial charge is 0.329 e. The zero-order valence-electron chi connectivity index (χ0n) is 14.9. The summed E-state index contributed by atoms with van der Waals surface area (Å²) in [6.07, 6.45) is 12.4. The molecule has 2 atom stereocenters. The van der Waals surface area contributed by atoms with Crippen LogP contribution in [-0.2, 0) is 0 Å². The van der Waals surface area contributed by atoms with Gasteiger partial charge in [-0.3, -0.25) is 4.90 Å². The Balaban J connectivity index is 2.02. The number of likely N-dealkylation sites (N-methyl/N-ethyl adjacent to an activating group) is 1. The molecule has 2 fully saturated rings. The summed E-state index contributed by atoms with van der Waals surface area (Å²) < 4.78 is 0. The van der Waals surface area contributed by atoms with Crippen molar-refractivity contribution in [3.8, 4) is 0 Å². The second-order valence-electron chi connectivity index (χ2n) is 8.39. The fourth-order valence-corrected chi connectivity index (χ4v) is 4.80. The predicted molar refractivity (Wildman–Crippen MR) is 92.4 cm³/mol. The van der Waals surface area contributed by atoms with E-state index in [4.69, 9.17) is 5.73 Å². The Kier molecular flexibility index (Phi) is 6.14. The van der Waals surface area contributed by atoms with Crippen LogP contribution in [-0.4, -0.2) is 30.1 Å². The second kappa shape index (κ2) is 7.46. The van der Waals surface area contributed by atoms with Gasteiger partial charge in [-0.1, -0.05) is 33.6 Å². The quantitative estimate of drug-likeness (QED) is 0.777. The van der Waals surface area contributed by atoms with Crippen LogP contribution in [0.4, 0.5) is 0 Å². The molecule has 0 radical (unpaired) electrons. The van der Waals surface area contributed by atoms with Crippen molar-refractivity contribution in [3.63, 3.8) is 0 Å². The molecule has 0 aromatic carbocycles. The highest BCUT2D eigenvalue weighted by Crippen LogP contribution is 2.39. The van der Waals surface area contributed by atoms with Gasteiger partial charge in [-0.2, -0.15) is 0 Å². The first-order valence-electron chi connectivity index (χ1n) is 9.41. The first kappa shape index (κ1) is 17.3. The molecule has 2 aliphatic rings. The minimum absolute atomic E-state index is 0.287. The lowest BCUT2D eigenvalue weighted by molar-refractivity contribution is 0.0376. The average molecular weight is 295 g/mol. The summed E-state index contributed by atoms with van der Waals surface area (Å²) in [5, 5.41) is 0. The van der Waals surface area contributed by atoms with E-state index in [1.807, 2.05) is 0 Å². The van der Waals surface area contributed by atoms with Crippen molar-refractivity contribution in [2.24, 2.45) is 23.5 Å². The van der Waals surface area contributed by atoms with Crippen LogP contribution in [0.2, 0.25) is 0 Å². The van der Waals surface area contributed by atoms with Gasteiger partial charge in [-0.25, -0.2) is 0 Å². The molecule has 2 aliphatic carbocycles. The molecule has 0 spiro atoms. The lowest BCUT2D eigenvalue weighted by atomic mass is 9.81. The zero-order chi connectivity index (χ0) is 15.5. The fraction of sp³-hybridized carbons (Fsp3) is 1.00. The van der Waals surface area contributed by atoms with Crippen LogP contribution in [0.5, 0.6) is 0 Å². The van der Waals surface area contributed by atoms with Crippen molar-refractivity contribution in [2.45, 2.75) is 90.1 Å². The van der Waals surface area contributed by atoms with E-state index in [0.29, 0.717) is 0 Å². The molecule has 2 heteroatoms. The van der Waals surface area contributed by atoms with E-state index in [1.165, 1.54) is 57.8 Å². The Labute approximate surface area is 132 Å². The van der Waals surface area contributed by atoms with Gasteiger partial charge in [0, 0.05) is 18.1 Å². The van der Waals surface area contributed by atoms with E-state index < -0.39 is 0 Å². The number of nitrogens with zero attached hydrogens (tertiary/aromatic N) is 1. The highest BCUT2D eigenvalue weighted by molar-refractivity contribution is 4.96. The van der Waals surface area contributed by atoms with Crippen LogP contribution in [0.15, 0.2) is 0 Å². The molecule has 0 amide bonds. The lowest BCUT2D eigenvalue weighted by Crippen LogP contribution is -2.56. The molecule has 124 valence electrons. The molecule has 2 nitrogen and oxygen atoms in total. The zero-order valence-corrected chi connectivity index (χ0v) is 14.9. The van der Waals surface area contributed by atoms with E-state index in [2.05, 4.69) is 32.7 Å². The van der Waals surface area contributed by atoms with Crippen LogP contribution in [0.1, 0.15) is 78.6 Å². The Hall–Kier alpha value is -0.0800. The smallest absolute Gasteiger partial charge is 0.0331 e. The SMILES string of the molecule is CC1CCC(N(C)C2(CN)CCCC(C(C)C)CC2)CC1. The normalized spacial score (nSPS) is 38.7. The lowest BCUT2D eigenvalue weighted by Gasteiger charge is -2.47. The molecule has 0 heterocycles. The molecule has 0 aromatic heterocycles. The highest BCUT2D eigenvalue weighted by Gasteiger charge is 2.39. The molecule has 0 aliphatic heterocycles. The van der Waals surface area contributed by atoms with Crippen molar-refractivity contribution in [2.75, 3.05) is 13.6 Å². The van der Waals surface area contributed by atoms with Crippen molar-refractivity contribution in [1.82, 2.24) is 4.90 Å².